The summed E-state index contributed by atoms with van der Waals surface area (Å²) in [6.07, 6.45) is 4.63. The molecule has 0 unspecified atom stereocenters. The van der Waals surface area contributed by atoms with Gasteiger partial charge in [-0.15, -0.1) is 0 Å². The molecule has 154 valence electrons. The van der Waals surface area contributed by atoms with Crippen molar-refractivity contribution in [2.75, 3.05) is 10.6 Å². The molecule has 3 N–H and O–H groups in total. The summed E-state index contributed by atoms with van der Waals surface area (Å²) in [4.78, 5) is 20.8. The minimum absolute atomic E-state index is 0.210. The van der Waals surface area contributed by atoms with E-state index in [2.05, 4.69) is 52.0 Å². The van der Waals surface area contributed by atoms with Crippen molar-refractivity contribution >= 4 is 52.5 Å². The number of hydrogen-bond acceptors (Lipinski definition) is 6. The molecule has 8 heteroatoms. The second kappa shape index (κ2) is 10.1. The van der Waals surface area contributed by atoms with Crippen molar-refractivity contribution in [3.63, 3.8) is 0 Å². The van der Waals surface area contributed by atoms with Crippen molar-refractivity contribution in [1.82, 2.24) is 9.97 Å². The van der Waals surface area contributed by atoms with E-state index in [9.17, 15) is 4.79 Å². The van der Waals surface area contributed by atoms with Crippen molar-refractivity contribution < 1.29 is 9.90 Å². The quantitative estimate of drug-likeness (QED) is 0.338. The Morgan fingerprint density at radius 2 is 1.90 bits per heavy atom. The lowest BCUT2D eigenvalue weighted by atomic mass is 10.2. The molecule has 0 bridgehead atoms. The summed E-state index contributed by atoms with van der Waals surface area (Å²) in [6.45, 7) is 4.17. The Morgan fingerprint density at radius 1 is 1.17 bits per heavy atom. The van der Waals surface area contributed by atoms with Crippen LogP contribution in [0.1, 0.15) is 29.3 Å². The van der Waals surface area contributed by atoms with E-state index < -0.39 is 5.97 Å². The van der Waals surface area contributed by atoms with Crippen LogP contribution in [0.4, 0.5) is 23.1 Å². The van der Waals surface area contributed by atoms with Crippen LogP contribution in [0, 0.1) is 6.92 Å². The number of halogens is 1. The average molecular weight is 441 g/mol. The summed E-state index contributed by atoms with van der Waals surface area (Å²) in [6, 6.07) is 12.4. The summed E-state index contributed by atoms with van der Waals surface area (Å²) in [7, 11) is 0. The standard InChI is InChI=1S/C22H21ClN4O2S/c1-3-4-11-30-19-12-17(8-5-14(19)2)25-20-18(23)13-24-22(27-20)26-16-9-6-15(7-10-16)21(28)29/h4-13H,3H2,1-2H3,(H,28,29)(H2,24,25,26,27). The topological polar surface area (TPSA) is 87.1 Å². The highest BCUT2D eigenvalue weighted by molar-refractivity contribution is 8.02. The third kappa shape index (κ3) is 5.75. The normalized spacial score (nSPS) is 10.9. The van der Waals surface area contributed by atoms with E-state index in [4.69, 9.17) is 16.7 Å². The van der Waals surface area contributed by atoms with Crippen molar-refractivity contribution in [2.45, 2.75) is 25.2 Å². The van der Waals surface area contributed by atoms with Crippen molar-refractivity contribution in [2.24, 2.45) is 0 Å². The summed E-state index contributed by atoms with van der Waals surface area (Å²) >= 11 is 7.95. The van der Waals surface area contributed by atoms with Gasteiger partial charge < -0.3 is 15.7 Å². The summed E-state index contributed by atoms with van der Waals surface area (Å²) in [5.74, 6) is -0.158. The minimum Gasteiger partial charge on any atom is -0.478 e. The first-order valence-electron chi connectivity index (χ1n) is 9.28. The zero-order chi connectivity index (χ0) is 21.5. The second-order valence-corrected chi connectivity index (χ2v) is 7.76. The highest BCUT2D eigenvalue weighted by Crippen LogP contribution is 2.30. The molecule has 0 spiro atoms. The van der Waals surface area contributed by atoms with Crippen LogP contribution in [0.15, 0.2) is 65.0 Å². The van der Waals surface area contributed by atoms with Crippen LogP contribution in [-0.2, 0) is 0 Å². The molecule has 1 heterocycles. The lowest BCUT2D eigenvalue weighted by molar-refractivity contribution is 0.0697. The Morgan fingerprint density at radius 3 is 2.60 bits per heavy atom. The number of nitrogens with zero attached hydrogens (tertiary/aromatic N) is 2. The number of rotatable bonds is 8. The molecule has 0 saturated heterocycles. The van der Waals surface area contributed by atoms with E-state index in [1.165, 1.54) is 23.9 Å². The predicted molar refractivity (Wildman–Crippen MR) is 123 cm³/mol. The Balaban J connectivity index is 1.77. The molecule has 0 fully saturated rings. The van der Waals surface area contributed by atoms with Crippen LogP contribution >= 0.6 is 23.4 Å². The monoisotopic (exact) mass is 440 g/mol. The maximum Gasteiger partial charge on any atom is 0.335 e. The highest BCUT2D eigenvalue weighted by atomic mass is 35.5. The molecule has 2 aromatic carbocycles. The zero-order valence-electron chi connectivity index (χ0n) is 16.5. The fraction of sp³-hybridized carbons (Fsp3) is 0.136. The van der Waals surface area contributed by atoms with Gasteiger partial charge in [0.25, 0.3) is 0 Å². The van der Waals surface area contributed by atoms with Gasteiger partial charge in [-0.1, -0.05) is 42.4 Å². The summed E-state index contributed by atoms with van der Waals surface area (Å²) in [5, 5.41) is 17.8. The first-order chi connectivity index (χ1) is 14.5. The number of hydrogen-bond donors (Lipinski definition) is 3. The fourth-order valence-corrected chi connectivity index (χ4v) is 3.52. The molecule has 0 saturated carbocycles. The number of carbonyl (C=O) groups is 1. The van der Waals surface area contributed by atoms with Gasteiger partial charge in [0, 0.05) is 16.3 Å². The van der Waals surface area contributed by atoms with E-state index in [-0.39, 0.29) is 5.56 Å². The van der Waals surface area contributed by atoms with E-state index >= 15 is 0 Å². The number of benzene rings is 2. The molecule has 1 aromatic heterocycles. The van der Waals surface area contributed by atoms with Crippen LogP contribution < -0.4 is 10.6 Å². The molecule has 0 amide bonds. The number of nitrogens with one attached hydrogen (secondary N) is 2. The second-order valence-electron chi connectivity index (χ2n) is 6.40. The van der Waals surface area contributed by atoms with Gasteiger partial charge in [0.1, 0.15) is 5.02 Å². The van der Waals surface area contributed by atoms with Gasteiger partial charge in [-0.3, -0.25) is 0 Å². The van der Waals surface area contributed by atoms with Crippen molar-refractivity contribution in [3.8, 4) is 0 Å². The van der Waals surface area contributed by atoms with Crippen LogP contribution in [0.25, 0.3) is 0 Å². The third-order valence-corrected chi connectivity index (χ3v) is 5.41. The first kappa shape index (κ1) is 21.7. The molecule has 0 aliphatic heterocycles. The smallest absolute Gasteiger partial charge is 0.335 e. The number of allylic oxidation sites excluding steroid dienone is 1. The number of carboxylic acids is 1. The molecule has 0 aliphatic rings. The summed E-state index contributed by atoms with van der Waals surface area (Å²) in [5.41, 5.74) is 2.93. The van der Waals surface area contributed by atoms with Gasteiger partial charge in [-0.25, -0.2) is 9.78 Å². The van der Waals surface area contributed by atoms with Crippen molar-refractivity contribution in [3.05, 3.63) is 76.3 Å². The molecule has 30 heavy (non-hydrogen) atoms. The molecule has 0 aliphatic carbocycles. The van der Waals surface area contributed by atoms with Gasteiger partial charge in [-0.05, 0) is 60.7 Å². The summed E-state index contributed by atoms with van der Waals surface area (Å²) < 4.78 is 0. The molecule has 3 aromatic rings. The molecular formula is C22H21ClN4O2S. The average Bonchev–Trinajstić information content (AvgIpc) is 2.73. The van der Waals surface area contributed by atoms with Crippen LogP contribution in [-0.4, -0.2) is 21.0 Å². The van der Waals surface area contributed by atoms with E-state index in [0.717, 1.165) is 17.0 Å². The maximum absolute atomic E-state index is 11.0. The Labute approximate surface area is 184 Å². The fourth-order valence-electron chi connectivity index (χ4n) is 2.50. The van der Waals surface area contributed by atoms with Crippen molar-refractivity contribution in [1.29, 1.82) is 0 Å². The number of aromatic carboxylic acids is 1. The van der Waals surface area contributed by atoms with Crippen LogP contribution in [0.5, 0.6) is 0 Å². The molecule has 3 rings (SSSR count). The van der Waals surface area contributed by atoms with Gasteiger partial charge >= 0.3 is 5.97 Å². The lowest BCUT2D eigenvalue weighted by Crippen LogP contribution is -2.02. The molecule has 6 nitrogen and oxygen atoms in total. The number of aromatic nitrogens is 2. The third-order valence-electron chi connectivity index (χ3n) is 4.11. The van der Waals surface area contributed by atoms with E-state index in [1.54, 1.807) is 23.9 Å². The molecule has 0 radical (unpaired) electrons. The Bertz CT molecular complexity index is 1070. The molecule has 0 atom stereocenters. The number of aryl methyl sites for hydroxylation is 1. The predicted octanol–water partition coefficient (Wildman–Crippen LogP) is 6.64. The van der Waals surface area contributed by atoms with Crippen LogP contribution in [0.2, 0.25) is 5.02 Å². The SMILES string of the molecule is CCC=CSc1cc(Nc2nc(Nc3ccc(C(=O)O)cc3)ncc2Cl)ccc1C. The van der Waals surface area contributed by atoms with Gasteiger partial charge in [0.05, 0.1) is 11.8 Å². The maximum atomic E-state index is 11.0. The van der Waals surface area contributed by atoms with E-state index in [1.807, 2.05) is 12.1 Å². The number of anilines is 4. The Hall–Kier alpha value is -3.03. The number of carboxylic acid groups (broad SMARTS) is 1. The zero-order valence-corrected chi connectivity index (χ0v) is 18.1. The highest BCUT2D eigenvalue weighted by Gasteiger charge is 2.09. The van der Waals surface area contributed by atoms with Gasteiger partial charge in [0.2, 0.25) is 5.95 Å². The molecular weight excluding hydrogens is 420 g/mol. The van der Waals surface area contributed by atoms with Gasteiger partial charge in [0.15, 0.2) is 5.82 Å². The van der Waals surface area contributed by atoms with Gasteiger partial charge in [-0.2, -0.15) is 4.98 Å². The first-order valence-corrected chi connectivity index (χ1v) is 10.5. The van der Waals surface area contributed by atoms with Crippen LogP contribution in [0.3, 0.4) is 0 Å². The lowest BCUT2D eigenvalue weighted by Gasteiger charge is -2.12. The largest absolute Gasteiger partial charge is 0.478 e. The number of thioether (sulfide) groups is 1. The van der Waals surface area contributed by atoms with E-state index in [0.29, 0.717) is 22.5 Å². The minimum atomic E-state index is -0.975. The Kier molecular flexibility index (Phi) is 7.32.